The third-order valence-electron chi connectivity index (χ3n) is 3.58. The summed E-state index contributed by atoms with van der Waals surface area (Å²) in [5.41, 5.74) is 2.71. The summed E-state index contributed by atoms with van der Waals surface area (Å²) in [7, 11) is 1.73. The fraction of sp³-hybridized carbons (Fsp3) is 0.444. The Bertz CT molecular complexity index is 619. The topological polar surface area (TPSA) is 26.2 Å². The third kappa shape index (κ3) is 4.35. The number of ether oxygens (including phenoxy) is 1. The maximum Gasteiger partial charge on any atom is 0.0587 e. The van der Waals surface area contributed by atoms with E-state index in [-0.39, 0.29) is 0 Å². The van der Waals surface area contributed by atoms with Gasteiger partial charge in [0.25, 0.3) is 0 Å². The predicted molar refractivity (Wildman–Crippen MR) is 88.5 cm³/mol. The molecule has 0 fully saturated rings. The maximum atomic E-state index is 5.04. The molecule has 0 amide bonds. The van der Waals surface area contributed by atoms with Crippen molar-refractivity contribution in [3.63, 3.8) is 0 Å². The van der Waals surface area contributed by atoms with Crippen molar-refractivity contribution in [2.24, 2.45) is 0 Å². The number of para-hydroxylation sites is 1. The minimum atomic E-state index is 0.761. The Morgan fingerprint density at radius 1 is 1.24 bits per heavy atom. The van der Waals surface area contributed by atoms with Crippen molar-refractivity contribution < 1.29 is 4.74 Å². The van der Waals surface area contributed by atoms with E-state index in [2.05, 4.69) is 52.2 Å². The minimum absolute atomic E-state index is 0.761. The molecule has 0 unspecified atom stereocenters. The summed E-state index contributed by atoms with van der Waals surface area (Å²) in [5, 5.41) is 4.76. The number of aryl methyl sites for hydroxylation is 1. The quantitative estimate of drug-likeness (QED) is 0.596. The highest BCUT2D eigenvalue weighted by atomic mass is 16.5. The first-order valence-electron chi connectivity index (χ1n) is 7.53. The number of fused-ring (bicyclic) bond motifs is 1. The molecule has 3 nitrogen and oxygen atoms in total. The van der Waals surface area contributed by atoms with Crippen LogP contribution >= 0.6 is 0 Å². The number of nitrogens with one attached hydrogen (secondary N) is 1. The first kappa shape index (κ1) is 15.6. The second-order valence-corrected chi connectivity index (χ2v) is 5.03. The molecule has 0 aliphatic carbocycles. The van der Waals surface area contributed by atoms with Crippen molar-refractivity contribution in [2.45, 2.75) is 26.3 Å². The lowest BCUT2D eigenvalue weighted by Gasteiger charge is -2.03. The number of methoxy groups -OCH3 is 1. The summed E-state index contributed by atoms with van der Waals surface area (Å²) < 4.78 is 7.37. The van der Waals surface area contributed by atoms with Crippen LogP contribution in [-0.2, 0) is 17.7 Å². The number of aromatic nitrogens is 1. The zero-order valence-electron chi connectivity index (χ0n) is 13.0. The molecular weight excluding hydrogens is 260 g/mol. The van der Waals surface area contributed by atoms with Gasteiger partial charge in [0.05, 0.1) is 6.61 Å². The van der Waals surface area contributed by atoms with Gasteiger partial charge in [0.1, 0.15) is 0 Å². The average molecular weight is 284 g/mol. The van der Waals surface area contributed by atoms with Gasteiger partial charge in [-0.25, -0.2) is 0 Å². The molecule has 0 saturated carbocycles. The van der Waals surface area contributed by atoms with Crippen molar-refractivity contribution in [1.29, 1.82) is 0 Å². The van der Waals surface area contributed by atoms with Gasteiger partial charge in [-0.05, 0) is 31.5 Å². The molecule has 0 aliphatic heterocycles. The molecule has 0 aliphatic rings. The maximum absolute atomic E-state index is 5.04. The summed E-state index contributed by atoms with van der Waals surface area (Å²) in [6.07, 6.45) is 4.22. The summed E-state index contributed by atoms with van der Waals surface area (Å²) in [6.45, 7) is 5.49. The molecule has 0 bridgehead atoms. The van der Waals surface area contributed by atoms with Gasteiger partial charge in [0.2, 0.25) is 0 Å². The fourth-order valence-electron chi connectivity index (χ4n) is 2.53. The normalized spacial score (nSPS) is 10.6. The molecule has 3 heteroatoms. The first-order chi connectivity index (χ1) is 10.4. The van der Waals surface area contributed by atoms with Crippen LogP contribution in [-0.4, -0.2) is 31.4 Å². The van der Waals surface area contributed by atoms with Gasteiger partial charge in [-0.1, -0.05) is 18.2 Å². The van der Waals surface area contributed by atoms with E-state index in [1.54, 1.807) is 7.11 Å². The van der Waals surface area contributed by atoms with E-state index < -0.39 is 0 Å². The van der Waals surface area contributed by atoms with Gasteiger partial charge in [-0.15, -0.1) is 11.8 Å². The van der Waals surface area contributed by atoms with Crippen LogP contribution in [0.2, 0.25) is 0 Å². The van der Waals surface area contributed by atoms with Crippen molar-refractivity contribution in [3.8, 4) is 11.8 Å². The Morgan fingerprint density at radius 3 is 2.90 bits per heavy atom. The van der Waals surface area contributed by atoms with Gasteiger partial charge in [0.15, 0.2) is 0 Å². The van der Waals surface area contributed by atoms with E-state index in [0.29, 0.717) is 0 Å². The SMILES string of the molecule is CC#CCCn1cc(CCNCCOC)c2ccccc21. The van der Waals surface area contributed by atoms with Gasteiger partial charge < -0.3 is 14.6 Å². The van der Waals surface area contributed by atoms with Crippen LogP contribution in [0.4, 0.5) is 0 Å². The van der Waals surface area contributed by atoms with Crippen LogP contribution in [0.25, 0.3) is 10.9 Å². The zero-order valence-corrected chi connectivity index (χ0v) is 13.0. The molecule has 1 heterocycles. The lowest BCUT2D eigenvalue weighted by atomic mass is 10.1. The van der Waals surface area contributed by atoms with Gasteiger partial charge in [-0.2, -0.15) is 0 Å². The lowest BCUT2D eigenvalue weighted by Crippen LogP contribution is -2.21. The Labute approximate surface area is 127 Å². The van der Waals surface area contributed by atoms with Crippen molar-refractivity contribution >= 4 is 10.9 Å². The smallest absolute Gasteiger partial charge is 0.0587 e. The summed E-state index contributed by atoms with van der Waals surface area (Å²) in [6, 6.07) is 8.61. The zero-order chi connectivity index (χ0) is 14.9. The molecule has 112 valence electrons. The first-order valence-corrected chi connectivity index (χ1v) is 7.53. The Hall–Kier alpha value is -1.76. The van der Waals surface area contributed by atoms with Crippen LogP contribution in [0.3, 0.4) is 0 Å². The van der Waals surface area contributed by atoms with Crippen LogP contribution in [0.15, 0.2) is 30.5 Å². The Morgan fingerprint density at radius 2 is 2.10 bits per heavy atom. The second kappa shape index (κ2) is 8.51. The largest absolute Gasteiger partial charge is 0.383 e. The molecule has 1 aromatic carbocycles. The van der Waals surface area contributed by atoms with Crippen LogP contribution in [0.5, 0.6) is 0 Å². The molecule has 21 heavy (non-hydrogen) atoms. The molecule has 2 rings (SSSR count). The van der Waals surface area contributed by atoms with E-state index in [0.717, 1.165) is 39.1 Å². The highest BCUT2D eigenvalue weighted by Crippen LogP contribution is 2.21. The van der Waals surface area contributed by atoms with Crippen molar-refractivity contribution in [2.75, 3.05) is 26.8 Å². The lowest BCUT2D eigenvalue weighted by molar-refractivity contribution is 0.199. The van der Waals surface area contributed by atoms with Crippen LogP contribution in [0, 0.1) is 11.8 Å². The number of nitrogens with zero attached hydrogens (tertiary/aromatic N) is 1. The number of hydrogen-bond donors (Lipinski definition) is 1. The van der Waals surface area contributed by atoms with Gasteiger partial charge in [0, 0.05) is 43.7 Å². The van der Waals surface area contributed by atoms with Crippen LogP contribution < -0.4 is 5.32 Å². The Kier molecular flexibility index (Phi) is 6.33. The van der Waals surface area contributed by atoms with E-state index in [1.165, 1.54) is 16.5 Å². The van der Waals surface area contributed by atoms with E-state index >= 15 is 0 Å². The molecule has 0 radical (unpaired) electrons. The molecule has 1 N–H and O–H groups in total. The van der Waals surface area contributed by atoms with Gasteiger partial charge in [-0.3, -0.25) is 0 Å². The van der Waals surface area contributed by atoms with Gasteiger partial charge >= 0.3 is 0 Å². The molecule has 0 atom stereocenters. The van der Waals surface area contributed by atoms with Crippen molar-refractivity contribution in [1.82, 2.24) is 9.88 Å². The highest BCUT2D eigenvalue weighted by molar-refractivity contribution is 5.84. The van der Waals surface area contributed by atoms with Crippen molar-refractivity contribution in [3.05, 3.63) is 36.0 Å². The highest BCUT2D eigenvalue weighted by Gasteiger charge is 2.07. The van der Waals surface area contributed by atoms with E-state index in [4.69, 9.17) is 4.74 Å². The summed E-state index contributed by atoms with van der Waals surface area (Å²) >= 11 is 0. The molecule has 2 aromatic rings. The third-order valence-corrected chi connectivity index (χ3v) is 3.58. The Balaban J connectivity index is 2.05. The standard InChI is InChI=1S/C18H24N2O/c1-3-4-7-13-20-15-16(10-11-19-12-14-21-2)17-8-5-6-9-18(17)20/h5-6,8-9,15,19H,7,10-14H2,1-2H3. The molecule has 0 saturated heterocycles. The average Bonchev–Trinajstić information content (AvgIpc) is 2.86. The summed E-state index contributed by atoms with van der Waals surface area (Å²) in [4.78, 5) is 0. The minimum Gasteiger partial charge on any atom is -0.383 e. The number of rotatable bonds is 8. The van der Waals surface area contributed by atoms with Crippen LogP contribution in [0.1, 0.15) is 18.9 Å². The number of benzene rings is 1. The van der Waals surface area contributed by atoms with E-state index in [1.807, 2.05) is 6.92 Å². The van der Waals surface area contributed by atoms with E-state index in [9.17, 15) is 0 Å². The second-order valence-electron chi connectivity index (χ2n) is 5.03. The molecule has 1 aromatic heterocycles. The predicted octanol–water partition coefficient (Wildman–Crippen LogP) is 2.83. The number of hydrogen-bond acceptors (Lipinski definition) is 2. The summed E-state index contributed by atoms with van der Waals surface area (Å²) in [5.74, 6) is 6.10. The molecule has 0 spiro atoms. The monoisotopic (exact) mass is 284 g/mol. The fourth-order valence-corrected chi connectivity index (χ4v) is 2.53. The molecular formula is C18H24N2O.